The van der Waals surface area contributed by atoms with Gasteiger partial charge in [0.05, 0.1) is 0 Å². The number of carbonyl (C=O) groups excluding carboxylic acids is 1. The number of carboxylic acids is 1. The molecule has 0 aromatic heterocycles. The molecule has 0 spiro atoms. The van der Waals surface area contributed by atoms with Gasteiger partial charge in [0.15, 0.2) is 0 Å². The average molecular weight is 228 g/mol. The van der Waals surface area contributed by atoms with Crippen LogP contribution in [0.4, 0.5) is 0 Å². The Morgan fingerprint density at radius 2 is 1.81 bits per heavy atom. The van der Waals surface area contributed by atoms with Crippen LogP contribution in [0.25, 0.3) is 0 Å². The van der Waals surface area contributed by atoms with Crippen molar-refractivity contribution in [2.75, 3.05) is 19.6 Å². The molecule has 1 fully saturated rings. The third-order valence-corrected chi connectivity index (χ3v) is 2.82. The molecule has 1 aliphatic rings. The van der Waals surface area contributed by atoms with Crippen molar-refractivity contribution < 1.29 is 14.7 Å². The van der Waals surface area contributed by atoms with Gasteiger partial charge in [-0.25, -0.2) is 4.79 Å². The second kappa shape index (κ2) is 6.48. The number of nitrogens with one attached hydrogen (secondary N) is 1. The van der Waals surface area contributed by atoms with Gasteiger partial charge in [-0.15, -0.1) is 0 Å². The Hall–Kier alpha value is -1.10. The van der Waals surface area contributed by atoms with Crippen LogP contribution in [0.3, 0.4) is 0 Å². The monoisotopic (exact) mass is 228 g/mol. The van der Waals surface area contributed by atoms with Crippen LogP contribution in [0.1, 0.15) is 32.6 Å². The summed E-state index contributed by atoms with van der Waals surface area (Å²) in [5, 5.41) is 11.4. The zero-order chi connectivity index (χ0) is 12.0. The van der Waals surface area contributed by atoms with Crippen LogP contribution in [-0.2, 0) is 9.59 Å². The summed E-state index contributed by atoms with van der Waals surface area (Å²) in [6.07, 6.45) is 4.67. The van der Waals surface area contributed by atoms with Crippen molar-refractivity contribution in [3.8, 4) is 0 Å². The quantitative estimate of drug-likeness (QED) is 0.733. The number of hydrogen-bond acceptors (Lipinski definition) is 3. The van der Waals surface area contributed by atoms with Gasteiger partial charge in [0.1, 0.15) is 6.04 Å². The van der Waals surface area contributed by atoms with Crippen LogP contribution in [0.5, 0.6) is 0 Å². The molecule has 0 aromatic rings. The molecule has 1 unspecified atom stereocenters. The van der Waals surface area contributed by atoms with Gasteiger partial charge in [0.2, 0.25) is 5.91 Å². The lowest BCUT2D eigenvalue weighted by Gasteiger charge is -2.24. The van der Waals surface area contributed by atoms with E-state index in [0.29, 0.717) is 6.54 Å². The van der Waals surface area contributed by atoms with E-state index in [4.69, 9.17) is 5.11 Å². The normalized spacial score (nSPS) is 19.8. The second-order valence-electron chi connectivity index (χ2n) is 4.31. The number of carboxylic acid groups (broad SMARTS) is 1. The molecule has 5 nitrogen and oxygen atoms in total. The lowest BCUT2D eigenvalue weighted by molar-refractivity contribution is -0.142. The molecule has 0 radical (unpaired) electrons. The molecular formula is C11H20N2O3. The third kappa shape index (κ3) is 4.61. The molecule has 0 aliphatic carbocycles. The summed E-state index contributed by atoms with van der Waals surface area (Å²) in [5.41, 5.74) is 0. The van der Waals surface area contributed by atoms with Crippen molar-refractivity contribution in [3.63, 3.8) is 0 Å². The van der Waals surface area contributed by atoms with Crippen molar-refractivity contribution in [1.29, 1.82) is 0 Å². The first-order chi connectivity index (χ1) is 7.59. The minimum Gasteiger partial charge on any atom is -0.480 e. The number of nitrogens with zero attached hydrogens (tertiary/aromatic N) is 1. The van der Waals surface area contributed by atoms with E-state index in [2.05, 4.69) is 10.2 Å². The first kappa shape index (κ1) is 13.0. The van der Waals surface area contributed by atoms with Gasteiger partial charge in [0, 0.05) is 13.5 Å². The summed E-state index contributed by atoms with van der Waals surface area (Å²) in [6.45, 7) is 3.63. The topological polar surface area (TPSA) is 69.6 Å². The molecule has 0 aromatic carbocycles. The van der Waals surface area contributed by atoms with Crippen LogP contribution < -0.4 is 5.32 Å². The first-order valence-corrected chi connectivity index (χ1v) is 5.82. The van der Waals surface area contributed by atoms with Gasteiger partial charge >= 0.3 is 5.97 Å². The van der Waals surface area contributed by atoms with Crippen LogP contribution >= 0.6 is 0 Å². The molecule has 1 rings (SSSR count). The largest absolute Gasteiger partial charge is 0.480 e. The minimum atomic E-state index is -0.959. The van der Waals surface area contributed by atoms with E-state index in [-0.39, 0.29) is 5.91 Å². The van der Waals surface area contributed by atoms with Crippen LogP contribution in [0, 0.1) is 0 Å². The maximum absolute atomic E-state index is 11.0. The highest BCUT2D eigenvalue weighted by molar-refractivity contribution is 5.82. The zero-order valence-electron chi connectivity index (χ0n) is 9.74. The van der Waals surface area contributed by atoms with E-state index in [1.807, 2.05) is 0 Å². The second-order valence-corrected chi connectivity index (χ2v) is 4.31. The Labute approximate surface area is 95.8 Å². The van der Waals surface area contributed by atoms with Crippen LogP contribution in [0.15, 0.2) is 0 Å². The Kier molecular flexibility index (Phi) is 5.25. The fourth-order valence-corrected chi connectivity index (χ4v) is 2.01. The molecule has 5 heteroatoms. The van der Waals surface area contributed by atoms with Crippen molar-refractivity contribution in [2.24, 2.45) is 0 Å². The Morgan fingerprint density at radius 1 is 1.25 bits per heavy atom. The standard InChI is InChI=1S/C11H20N2O3/c1-9(14)12-10(11(15)16)8-13-6-4-2-3-5-7-13/h10H,2-8H2,1H3,(H,12,14)(H,15,16). The predicted octanol–water partition coefficient (Wildman–Crippen LogP) is 0.452. The fourth-order valence-electron chi connectivity index (χ4n) is 2.01. The van der Waals surface area contributed by atoms with Gasteiger partial charge in [-0.1, -0.05) is 12.8 Å². The molecule has 1 atom stereocenters. The summed E-state index contributed by atoms with van der Waals surface area (Å²) < 4.78 is 0. The summed E-state index contributed by atoms with van der Waals surface area (Å²) >= 11 is 0. The Bertz CT molecular complexity index is 248. The van der Waals surface area contributed by atoms with Crippen LogP contribution in [0.2, 0.25) is 0 Å². The summed E-state index contributed by atoms with van der Waals surface area (Å²) in [4.78, 5) is 24.0. The van der Waals surface area contributed by atoms with E-state index in [1.54, 1.807) is 0 Å². The van der Waals surface area contributed by atoms with Gasteiger partial charge < -0.3 is 15.3 Å². The number of hydrogen-bond donors (Lipinski definition) is 2. The maximum atomic E-state index is 11.0. The molecule has 1 heterocycles. The highest BCUT2D eigenvalue weighted by atomic mass is 16.4. The van der Waals surface area contributed by atoms with E-state index in [9.17, 15) is 9.59 Å². The molecule has 2 N–H and O–H groups in total. The molecule has 16 heavy (non-hydrogen) atoms. The Balaban J connectivity index is 2.45. The molecular weight excluding hydrogens is 208 g/mol. The van der Waals surface area contributed by atoms with Crippen LogP contribution in [-0.4, -0.2) is 47.6 Å². The Morgan fingerprint density at radius 3 is 2.25 bits per heavy atom. The van der Waals surface area contributed by atoms with E-state index >= 15 is 0 Å². The first-order valence-electron chi connectivity index (χ1n) is 5.82. The molecule has 1 aliphatic heterocycles. The molecule has 0 saturated carbocycles. The molecule has 92 valence electrons. The van der Waals surface area contributed by atoms with E-state index in [1.165, 1.54) is 19.8 Å². The van der Waals surface area contributed by atoms with E-state index < -0.39 is 12.0 Å². The molecule has 1 amide bonds. The predicted molar refractivity (Wildman–Crippen MR) is 60.1 cm³/mol. The summed E-state index contributed by atoms with van der Waals surface area (Å²) in [7, 11) is 0. The summed E-state index contributed by atoms with van der Waals surface area (Å²) in [5.74, 6) is -1.25. The van der Waals surface area contributed by atoms with Gasteiger partial charge in [-0.3, -0.25) is 4.79 Å². The zero-order valence-corrected chi connectivity index (χ0v) is 9.74. The lowest BCUT2D eigenvalue weighted by Crippen LogP contribution is -2.48. The lowest BCUT2D eigenvalue weighted by atomic mass is 10.2. The SMILES string of the molecule is CC(=O)NC(CN1CCCCCC1)C(=O)O. The van der Waals surface area contributed by atoms with E-state index in [0.717, 1.165) is 25.9 Å². The highest BCUT2D eigenvalue weighted by Gasteiger charge is 2.22. The smallest absolute Gasteiger partial charge is 0.327 e. The summed E-state index contributed by atoms with van der Waals surface area (Å²) in [6, 6.07) is -0.782. The van der Waals surface area contributed by atoms with Crippen molar-refractivity contribution in [3.05, 3.63) is 0 Å². The fraction of sp³-hybridized carbons (Fsp3) is 0.818. The third-order valence-electron chi connectivity index (χ3n) is 2.82. The minimum absolute atomic E-state index is 0.290. The number of likely N-dealkylation sites (tertiary alicyclic amines) is 1. The number of rotatable bonds is 4. The van der Waals surface area contributed by atoms with Crippen molar-refractivity contribution >= 4 is 11.9 Å². The molecule has 0 bridgehead atoms. The average Bonchev–Trinajstić information content (AvgIpc) is 2.44. The maximum Gasteiger partial charge on any atom is 0.327 e. The van der Waals surface area contributed by atoms with Crippen molar-refractivity contribution in [2.45, 2.75) is 38.6 Å². The van der Waals surface area contributed by atoms with Crippen molar-refractivity contribution in [1.82, 2.24) is 10.2 Å². The van der Waals surface area contributed by atoms with Gasteiger partial charge in [-0.2, -0.15) is 0 Å². The molecule has 1 saturated heterocycles. The highest BCUT2D eigenvalue weighted by Crippen LogP contribution is 2.09. The van der Waals surface area contributed by atoms with Gasteiger partial charge in [0.25, 0.3) is 0 Å². The number of carbonyl (C=O) groups is 2. The van der Waals surface area contributed by atoms with Gasteiger partial charge in [-0.05, 0) is 25.9 Å². The number of aliphatic carboxylic acids is 1. The number of amides is 1.